The summed E-state index contributed by atoms with van der Waals surface area (Å²) in [5, 5.41) is 0. The molecule has 1 aliphatic rings. The van der Waals surface area contributed by atoms with Crippen LogP contribution in [0.4, 0.5) is 0 Å². The third-order valence-corrected chi connectivity index (χ3v) is 5.21. The number of benzene rings is 1. The summed E-state index contributed by atoms with van der Waals surface area (Å²) in [6.07, 6.45) is 4.72. The summed E-state index contributed by atoms with van der Waals surface area (Å²) in [6.45, 7) is 8.45. The molecule has 2 aromatic rings. The van der Waals surface area contributed by atoms with Crippen LogP contribution in [-0.2, 0) is 13.1 Å². The Balaban J connectivity index is 1.51. The molecule has 0 aliphatic carbocycles. The second-order valence-corrected chi connectivity index (χ2v) is 6.76. The van der Waals surface area contributed by atoms with Crippen molar-refractivity contribution < 1.29 is 14.8 Å². The van der Waals surface area contributed by atoms with Crippen molar-refractivity contribution in [1.29, 1.82) is 0 Å². The zero-order valence-corrected chi connectivity index (χ0v) is 14.2. The van der Waals surface area contributed by atoms with Gasteiger partial charge in [-0.1, -0.05) is 30.3 Å². The third kappa shape index (κ3) is 4.63. The van der Waals surface area contributed by atoms with Crippen molar-refractivity contribution in [3.8, 4) is 0 Å². The molecule has 0 bridgehead atoms. The molecule has 0 amide bonds. The molecule has 2 heterocycles. The quantitative estimate of drug-likeness (QED) is 0.759. The number of hydrogen-bond donors (Lipinski definition) is 2. The minimum Gasteiger partial charge on any atom is -0.329 e. The van der Waals surface area contributed by atoms with Crippen molar-refractivity contribution in [1.82, 2.24) is 0 Å². The van der Waals surface area contributed by atoms with Crippen LogP contribution in [0.15, 0.2) is 54.7 Å². The number of piperidine rings is 1. The average Bonchev–Trinajstić information content (AvgIpc) is 2.62. The number of likely N-dealkylation sites (tertiary alicyclic amines) is 1. The van der Waals surface area contributed by atoms with Gasteiger partial charge in [0.05, 0.1) is 25.7 Å². The SMILES string of the molecule is CC[NH+](Cc1ccccc1)C1CC[NH+](Cc2cccc[nH+]2)CC1. The minimum absolute atomic E-state index is 0.823. The number of aromatic amines is 1. The Morgan fingerprint density at radius 1 is 1.04 bits per heavy atom. The van der Waals surface area contributed by atoms with E-state index in [9.17, 15) is 0 Å². The van der Waals surface area contributed by atoms with Crippen LogP contribution in [0.1, 0.15) is 31.0 Å². The summed E-state index contributed by atoms with van der Waals surface area (Å²) >= 11 is 0. The zero-order valence-electron chi connectivity index (χ0n) is 14.2. The Hall–Kier alpha value is -1.71. The summed E-state index contributed by atoms with van der Waals surface area (Å²) in [6, 6.07) is 18.2. The first-order chi connectivity index (χ1) is 11.3. The van der Waals surface area contributed by atoms with Crippen molar-refractivity contribution in [3.63, 3.8) is 0 Å². The summed E-state index contributed by atoms with van der Waals surface area (Å²) in [7, 11) is 0. The van der Waals surface area contributed by atoms with E-state index in [1.807, 2.05) is 6.20 Å². The van der Waals surface area contributed by atoms with Gasteiger partial charge in [-0.3, -0.25) is 0 Å². The maximum absolute atomic E-state index is 3.37. The molecule has 3 nitrogen and oxygen atoms in total. The van der Waals surface area contributed by atoms with Gasteiger partial charge in [0.2, 0.25) is 5.69 Å². The number of quaternary nitrogens is 2. The van der Waals surface area contributed by atoms with Crippen molar-refractivity contribution in [3.05, 3.63) is 66.0 Å². The Bertz CT molecular complexity index is 562. The molecule has 1 unspecified atom stereocenters. The molecule has 1 aliphatic heterocycles. The monoisotopic (exact) mass is 312 g/mol. The van der Waals surface area contributed by atoms with E-state index in [1.54, 1.807) is 9.80 Å². The number of H-pyrrole nitrogens is 1. The van der Waals surface area contributed by atoms with Crippen LogP contribution < -0.4 is 14.8 Å². The second kappa shape index (κ2) is 8.23. The zero-order chi connectivity index (χ0) is 15.9. The number of nitrogens with one attached hydrogen (secondary N) is 3. The molecule has 3 N–H and O–H groups in total. The van der Waals surface area contributed by atoms with Gasteiger partial charge in [-0.2, -0.15) is 0 Å². The fourth-order valence-electron chi connectivity index (χ4n) is 3.84. The largest absolute Gasteiger partial charge is 0.329 e. The molecule has 1 aromatic carbocycles. The molecule has 23 heavy (non-hydrogen) atoms. The maximum Gasteiger partial charge on any atom is 0.234 e. The van der Waals surface area contributed by atoms with Gasteiger partial charge in [-0.05, 0) is 13.0 Å². The van der Waals surface area contributed by atoms with E-state index in [4.69, 9.17) is 0 Å². The summed E-state index contributed by atoms with van der Waals surface area (Å²) < 4.78 is 0. The van der Waals surface area contributed by atoms with Gasteiger partial charge in [-0.15, -0.1) is 0 Å². The molecule has 0 radical (unpaired) electrons. The number of aromatic nitrogens is 1. The Kier molecular flexibility index (Phi) is 5.78. The molecule has 1 atom stereocenters. The van der Waals surface area contributed by atoms with E-state index >= 15 is 0 Å². The molecular weight excluding hydrogens is 282 g/mol. The first kappa shape index (κ1) is 16.2. The van der Waals surface area contributed by atoms with Gasteiger partial charge in [0.15, 0.2) is 12.7 Å². The summed E-state index contributed by atoms with van der Waals surface area (Å²) in [5.74, 6) is 0. The lowest BCUT2D eigenvalue weighted by Crippen LogP contribution is -3.19. The molecule has 1 saturated heterocycles. The summed E-state index contributed by atoms with van der Waals surface area (Å²) in [5.41, 5.74) is 2.82. The van der Waals surface area contributed by atoms with Gasteiger partial charge in [0, 0.05) is 30.5 Å². The Morgan fingerprint density at radius 2 is 1.78 bits per heavy atom. The van der Waals surface area contributed by atoms with Crippen LogP contribution >= 0.6 is 0 Å². The van der Waals surface area contributed by atoms with Crippen molar-refractivity contribution in [2.24, 2.45) is 0 Å². The molecule has 0 spiro atoms. The lowest BCUT2D eigenvalue weighted by Gasteiger charge is -2.33. The molecule has 1 aromatic heterocycles. The molecule has 122 valence electrons. The van der Waals surface area contributed by atoms with Gasteiger partial charge < -0.3 is 9.80 Å². The van der Waals surface area contributed by atoms with Crippen LogP contribution in [0, 0.1) is 0 Å². The standard InChI is InChI=1S/C20H27N3/c1-2-23(16-18-8-4-3-5-9-18)20-11-14-22(15-12-20)17-19-10-6-7-13-21-19/h3-10,13,20H,2,11-12,14-17H2,1H3/p+3. The lowest BCUT2D eigenvalue weighted by atomic mass is 10.0. The first-order valence-corrected chi connectivity index (χ1v) is 9.03. The smallest absolute Gasteiger partial charge is 0.234 e. The van der Waals surface area contributed by atoms with E-state index in [0.29, 0.717) is 0 Å². The highest BCUT2D eigenvalue weighted by Gasteiger charge is 2.29. The number of pyridine rings is 1. The summed E-state index contributed by atoms with van der Waals surface area (Å²) in [4.78, 5) is 6.84. The van der Waals surface area contributed by atoms with Crippen LogP contribution in [0.3, 0.4) is 0 Å². The lowest BCUT2D eigenvalue weighted by molar-refractivity contribution is -0.971. The topological polar surface area (TPSA) is 23.0 Å². The second-order valence-electron chi connectivity index (χ2n) is 6.76. The highest BCUT2D eigenvalue weighted by atomic mass is 15.2. The van der Waals surface area contributed by atoms with Gasteiger partial charge in [0.25, 0.3) is 0 Å². The Labute approximate surface area is 140 Å². The average molecular weight is 312 g/mol. The van der Waals surface area contributed by atoms with Crippen molar-refractivity contribution in [2.75, 3.05) is 19.6 Å². The Morgan fingerprint density at radius 3 is 2.43 bits per heavy atom. The molecular formula is C20H30N3+3. The molecule has 3 heteroatoms. The van der Waals surface area contributed by atoms with Gasteiger partial charge in [-0.25, -0.2) is 4.98 Å². The van der Waals surface area contributed by atoms with Crippen LogP contribution in [0.25, 0.3) is 0 Å². The predicted molar refractivity (Wildman–Crippen MR) is 92.1 cm³/mol. The number of hydrogen-bond acceptors (Lipinski definition) is 0. The molecule has 0 saturated carbocycles. The van der Waals surface area contributed by atoms with Crippen molar-refractivity contribution in [2.45, 2.75) is 38.9 Å². The van der Waals surface area contributed by atoms with E-state index in [-0.39, 0.29) is 0 Å². The van der Waals surface area contributed by atoms with Crippen molar-refractivity contribution >= 4 is 0 Å². The number of rotatable bonds is 6. The third-order valence-electron chi connectivity index (χ3n) is 5.21. The van der Waals surface area contributed by atoms with E-state index in [0.717, 1.165) is 12.6 Å². The van der Waals surface area contributed by atoms with Gasteiger partial charge in [0.1, 0.15) is 6.54 Å². The highest BCUT2D eigenvalue weighted by molar-refractivity contribution is 5.13. The highest BCUT2D eigenvalue weighted by Crippen LogP contribution is 2.00. The molecule has 3 rings (SSSR count). The fourth-order valence-corrected chi connectivity index (χ4v) is 3.84. The van der Waals surface area contributed by atoms with E-state index in [1.165, 1.54) is 50.3 Å². The van der Waals surface area contributed by atoms with Crippen LogP contribution in [0.2, 0.25) is 0 Å². The predicted octanol–water partition coefficient (Wildman–Crippen LogP) is 0.153. The van der Waals surface area contributed by atoms with Crippen LogP contribution in [-0.4, -0.2) is 25.7 Å². The van der Waals surface area contributed by atoms with E-state index < -0.39 is 0 Å². The van der Waals surface area contributed by atoms with Crippen LogP contribution in [0.5, 0.6) is 0 Å². The first-order valence-electron chi connectivity index (χ1n) is 9.03. The maximum atomic E-state index is 3.37. The normalized spacial score (nSPS) is 22.7. The van der Waals surface area contributed by atoms with E-state index in [2.05, 4.69) is 60.4 Å². The fraction of sp³-hybridized carbons (Fsp3) is 0.450. The van der Waals surface area contributed by atoms with Gasteiger partial charge >= 0.3 is 0 Å². The minimum atomic E-state index is 0.823. The molecule has 1 fully saturated rings.